The Hall–Kier alpha value is -3.24. The molecule has 0 bridgehead atoms. The Morgan fingerprint density at radius 3 is 2.83 bits per heavy atom. The summed E-state index contributed by atoms with van der Waals surface area (Å²) >= 11 is 0. The third-order valence-corrected chi connectivity index (χ3v) is 5.14. The number of aromatic nitrogens is 1. The molecule has 2 aromatic rings. The van der Waals surface area contributed by atoms with Crippen LogP contribution in [0.1, 0.15) is 40.2 Å². The molecular weight excluding hydrogens is 387 g/mol. The maximum atomic E-state index is 13.2. The lowest BCUT2D eigenvalue weighted by Gasteiger charge is -2.14. The molecule has 7 heteroatoms. The van der Waals surface area contributed by atoms with Gasteiger partial charge in [-0.1, -0.05) is 12.1 Å². The maximum absolute atomic E-state index is 13.2. The second kappa shape index (κ2) is 9.51. The van der Waals surface area contributed by atoms with Crippen molar-refractivity contribution in [3.63, 3.8) is 0 Å². The van der Waals surface area contributed by atoms with Crippen LogP contribution < -0.4 is 0 Å². The standard InChI is InChI=1S/C23H23FN2O4/c1-15-9-18(16(2)26(15)13-21-7-4-8-29-21)10-19(12-25)23(28)30-14-22(27)17-5-3-6-20(24)11-17/h3,5-6,9-11,21H,4,7-8,13-14H2,1-2H3/b19-10+/t21-/m0/s1. The number of carbonyl (C=O) groups is 2. The van der Waals surface area contributed by atoms with Gasteiger partial charge in [0.2, 0.25) is 0 Å². The van der Waals surface area contributed by atoms with Gasteiger partial charge < -0.3 is 14.0 Å². The van der Waals surface area contributed by atoms with E-state index in [-0.39, 0.29) is 17.2 Å². The molecular formula is C23H23FN2O4. The van der Waals surface area contributed by atoms with Gasteiger partial charge in [0.25, 0.3) is 0 Å². The number of hydrogen-bond acceptors (Lipinski definition) is 5. The molecule has 0 N–H and O–H groups in total. The minimum absolute atomic E-state index is 0.1000. The van der Waals surface area contributed by atoms with E-state index in [1.165, 1.54) is 24.3 Å². The third-order valence-electron chi connectivity index (χ3n) is 5.14. The van der Waals surface area contributed by atoms with Crippen molar-refractivity contribution in [3.05, 3.63) is 64.2 Å². The Balaban J connectivity index is 1.69. The van der Waals surface area contributed by atoms with E-state index in [4.69, 9.17) is 9.47 Å². The fraction of sp³-hybridized carbons (Fsp3) is 0.348. The molecule has 30 heavy (non-hydrogen) atoms. The minimum atomic E-state index is -0.897. The predicted molar refractivity (Wildman–Crippen MR) is 108 cm³/mol. The molecule has 2 heterocycles. The topological polar surface area (TPSA) is 81.3 Å². The van der Waals surface area contributed by atoms with E-state index in [0.717, 1.165) is 49.0 Å². The lowest BCUT2D eigenvalue weighted by Crippen LogP contribution is -2.17. The summed E-state index contributed by atoms with van der Waals surface area (Å²) in [7, 11) is 0. The van der Waals surface area contributed by atoms with E-state index >= 15 is 0 Å². The molecule has 0 aliphatic carbocycles. The summed E-state index contributed by atoms with van der Waals surface area (Å²) in [6, 6.07) is 8.85. The number of hydrogen-bond donors (Lipinski definition) is 0. The summed E-state index contributed by atoms with van der Waals surface area (Å²) in [5.41, 5.74) is 2.54. The number of rotatable bonds is 7. The van der Waals surface area contributed by atoms with E-state index < -0.39 is 24.2 Å². The van der Waals surface area contributed by atoms with Gasteiger partial charge in [0.15, 0.2) is 12.4 Å². The van der Waals surface area contributed by atoms with Crippen molar-refractivity contribution in [1.29, 1.82) is 5.26 Å². The normalized spacial score (nSPS) is 16.3. The van der Waals surface area contributed by atoms with E-state index in [1.54, 1.807) is 0 Å². The largest absolute Gasteiger partial charge is 0.453 e. The molecule has 1 aliphatic heterocycles. The first-order valence-corrected chi connectivity index (χ1v) is 9.75. The average molecular weight is 410 g/mol. The number of ketones is 1. The zero-order valence-electron chi connectivity index (χ0n) is 17.0. The molecule has 0 spiro atoms. The summed E-state index contributed by atoms with van der Waals surface area (Å²) in [5.74, 6) is -2.00. The van der Waals surface area contributed by atoms with Gasteiger partial charge in [0.05, 0.1) is 6.10 Å². The lowest BCUT2D eigenvalue weighted by molar-refractivity contribution is -0.137. The molecule has 3 rings (SSSR count). The molecule has 0 amide bonds. The van der Waals surface area contributed by atoms with Crippen LogP contribution >= 0.6 is 0 Å². The van der Waals surface area contributed by atoms with Gasteiger partial charge in [0.1, 0.15) is 17.5 Å². The van der Waals surface area contributed by atoms with Crippen LogP contribution in [0.15, 0.2) is 35.9 Å². The van der Waals surface area contributed by atoms with Crippen LogP contribution in [0.25, 0.3) is 6.08 Å². The van der Waals surface area contributed by atoms with Crippen molar-refractivity contribution in [2.45, 2.75) is 39.3 Å². The van der Waals surface area contributed by atoms with Gasteiger partial charge in [-0.15, -0.1) is 0 Å². The zero-order chi connectivity index (χ0) is 21.7. The Morgan fingerprint density at radius 2 is 2.17 bits per heavy atom. The molecule has 1 aromatic carbocycles. The molecule has 156 valence electrons. The van der Waals surface area contributed by atoms with Crippen molar-refractivity contribution in [2.75, 3.05) is 13.2 Å². The van der Waals surface area contributed by atoms with Crippen molar-refractivity contribution < 1.29 is 23.5 Å². The summed E-state index contributed by atoms with van der Waals surface area (Å²) in [6.07, 6.45) is 3.69. The Bertz CT molecular complexity index is 1030. The summed E-state index contributed by atoms with van der Waals surface area (Å²) in [4.78, 5) is 24.4. The quantitative estimate of drug-likeness (QED) is 0.300. The second-order valence-electron chi connectivity index (χ2n) is 7.25. The first-order valence-electron chi connectivity index (χ1n) is 9.75. The SMILES string of the molecule is Cc1cc(/C=C(\C#N)C(=O)OCC(=O)c2cccc(F)c2)c(C)n1C[C@@H]1CCCO1. The zero-order valence-corrected chi connectivity index (χ0v) is 17.0. The molecule has 0 unspecified atom stereocenters. The first kappa shape index (κ1) is 21.5. The highest BCUT2D eigenvalue weighted by molar-refractivity contribution is 6.02. The Kier molecular flexibility index (Phi) is 6.80. The molecule has 1 saturated heterocycles. The van der Waals surface area contributed by atoms with Crippen molar-refractivity contribution in [1.82, 2.24) is 4.57 Å². The van der Waals surface area contributed by atoms with Crippen LogP contribution in [-0.4, -0.2) is 35.6 Å². The number of benzene rings is 1. The fourth-order valence-electron chi connectivity index (χ4n) is 3.49. The van der Waals surface area contributed by atoms with Crippen LogP contribution in [0, 0.1) is 31.0 Å². The van der Waals surface area contributed by atoms with Crippen molar-refractivity contribution in [3.8, 4) is 6.07 Å². The molecule has 6 nitrogen and oxygen atoms in total. The highest BCUT2D eigenvalue weighted by Crippen LogP contribution is 2.22. The second-order valence-corrected chi connectivity index (χ2v) is 7.25. The summed E-state index contributed by atoms with van der Waals surface area (Å²) in [5, 5.41) is 9.39. The number of esters is 1. The van der Waals surface area contributed by atoms with Crippen LogP contribution in [0.2, 0.25) is 0 Å². The number of Topliss-reactive ketones (excluding diaryl/α,β-unsaturated/α-hetero) is 1. The molecule has 1 aromatic heterocycles. The Labute approximate surface area is 174 Å². The fourth-order valence-corrected chi connectivity index (χ4v) is 3.49. The highest BCUT2D eigenvalue weighted by Gasteiger charge is 2.20. The van der Waals surface area contributed by atoms with Gasteiger partial charge in [-0.05, 0) is 56.5 Å². The van der Waals surface area contributed by atoms with Gasteiger partial charge in [-0.3, -0.25) is 4.79 Å². The van der Waals surface area contributed by atoms with Gasteiger partial charge in [-0.2, -0.15) is 5.26 Å². The van der Waals surface area contributed by atoms with Crippen molar-refractivity contribution >= 4 is 17.8 Å². The maximum Gasteiger partial charge on any atom is 0.349 e. The molecule has 1 aliphatic rings. The third kappa shape index (κ3) is 5.02. The minimum Gasteiger partial charge on any atom is -0.453 e. The van der Waals surface area contributed by atoms with Gasteiger partial charge >= 0.3 is 5.97 Å². The van der Waals surface area contributed by atoms with Crippen LogP contribution in [-0.2, 0) is 20.8 Å². The highest BCUT2D eigenvalue weighted by atomic mass is 19.1. The summed E-state index contributed by atoms with van der Waals surface area (Å²) < 4.78 is 26.0. The average Bonchev–Trinajstić information content (AvgIpc) is 3.34. The number of aryl methyl sites for hydroxylation is 1. The number of carbonyl (C=O) groups excluding carboxylic acids is 2. The number of halogens is 1. The number of nitriles is 1. The molecule has 0 saturated carbocycles. The number of ether oxygens (including phenoxy) is 2. The first-order chi connectivity index (χ1) is 14.4. The van der Waals surface area contributed by atoms with Gasteiger partial charge in [0, 0.05) is 30.1 Å². The van der Waals surface area contributed by atoms with E-state index in [1.807, 2.05) is 26.0 Å². The lowest BCUT2D eigenvalue weighted by atomic mass is 10.1. The van der Waals surface area contributed by atoms with Crippen molar-refractivity contribution in [2.24, 2.45) is 0 Å². The van der Waals surface area contributed by atoms with Crippen LogP contribution in [0.4, 0.5) is 4.39 Å². The van der Waals surface area contributed by atoms with Gasteiger partial charge in [-0.25, -0.2) is 9.18 Å². The molecule has 1 fully saturated rings. The van der Waals surface area contributed by atoms with Crippen LogP contribution in [0.3, 0.4) is 0 Å². The smallest absolute Gasteiger partial charge is 0.349 e. The van der Waals surface area contributed by atoms with Crippen LogP contribution in [0.5, 0.6) is 0 Å². The monoisotopic (exact) mass is 410 g/mol. The van der Waals surface area contributed by atoms with E-state index in [0.29, 0.717) is 0 Å². The summed E-state index contributed by atoms with van der Waals surface area (Å²) in [6.45, 7) is 4.80. The molecule has 0 radical (unpaired) electrons. The Morgan fingerprint density at radius 1 is 1.37 bits per heavy atom. The number of nitrogens with zero attached hydrogens (tertiary/aromatic N) is 2. The predicted octanol–water partition coefficient (Wildman–Crippen LogP) is 3.76. The van der Waals surface area contributed by atoms with E-state index in [2.05, 4.69) is 4.57 Å². The van der Waals surface area contributed by atoms with E-state index in [9.17, 15) is 19.2 Å². The molecule has 1 atom stereocenters.